The van der Waals surface area contributed by atoms with Gasteiger partial charge >= 0.3 is 0 Å². The second kappa shape index (κ2) is 1.79. The Morgan fingerprint density at radius 3 is 1.67 bits per heavy atom. The molecule has 6 heavy (non-hydrogen) atoms. The number of aliphatic hydroxyl groups is 1. The second-order valence-corrected chi connectivity index (χ2v) is 0.639. The van der Waals surface area contributed by atoms with Crippen molar-refractivity contribution in [2.75, 3.05) is 0 Å². The molecule has 0 aliphatic carbocycles. The van der Waals surface area contributed by atoms with Gasteiger partial charge in [-0.25, -0.2) is 4.39 Å². The number of aliphatic hydroxyl groups excluding tert-OH is 1. The van der Waals surface area contributed by atoms with Gasteiger partial charge in [0.1, 0.15) is 5.73 Å². The van der Waals surface area contributed by atoms with Crippen LogP contribution in [0.1, 0.15) is 0 Å². The molecular weight excluding hydrogens is 88.8 g/mol. The Kier molecular flexibility index (Phi) is 1.63. The first-order valence-electron chi connectivity index (χ1n) is 1.14. The van der Waals surface area contributed by atoms with Gasteiger partial charge < -0.3 is 5.11 Å². The SMILES string of the molecule is [B]/C(F)=C(\O)F. The van der Waals surface area contributed by atoms with Gasteiger partial charge in [0.25, 0.3) is 6.01 Å². The number of hydrogen-bond acceptors (Lipinski definition) is 1. The minimum Gasteiger partial charge on any atom is -0.485 e. The molecule has 2 radical (unpaired) electrons. The predicted molar refractivity (Wildman–Crippen MR) is 17.6 cm³/mol. The molecule has 0 aliphatic rings. The lowest BCUT2D eigenvalue weighted by molar-refractivity contribution is 0.267. The summed E-state index contributed by atoms with van der Waals surface area (Å²) in [4.78, 5) is 0. The van der Waals surface area contributed by atoms with E-state index < -0.39 is 11.7 Å². The van der Waals surface area contributed by atoms with E-state index in [1.54, 1.807) is 0 Å². The minimum atomic E-state index is -1.96. The Labute approximate surface area is 34.7 Å². The van der Waals surface area contributed by atoms with E-state index in [0.29, 0.717) is 0 Å². The van der Waals surface area contributed by atoms with Gasteiger partial charge in [-0.1, -0.05) is 0 Å². The van der Waals surface area contributed by atoms with Crippen molar-refractivity contribution in [1.29, 1.82) is 0 Å². The van der Waals surface area contributed by atoms with Gasteiger partial charge in [-0.15, -0.1) is 0 Å². The van der Waals surface area contributed by atoms with Crippen LogP contribution in [0.5, 0.6) is 0 Å². The summed E-state index contributed by atoms with van der Waals surface area (Å²) in [5.74, 6) is 0. The van der Waals surface area contributed by atoms with Crippen molar-refractivity contribution >= 4 is 7.85 Å². The van der Waals surface area contributed by atoms with Gasteiger partial charge in [0.2, 0.25) is 0 Å². The Bertz CT molecular complexity index is 61.6. The molecule has 0 atom stereocenters. The molecule has 0 heterocycles. The highest BCUT2D eigenvalue weighted by atomic mass is 19.2. The molecule has 4 heteroatoms. The first-order valence-corrected chi connectivity index (χ1v) is 1.14. The van der Waals surface area contributed by atoms with Gasteiger partial charge in [-0.3, -0.25) is 0 Å². The van der Waals surface area contributed by atoms with Crippen molar-refractivity contribution in [3.63, 3.8) is 0 Å². The molecule has 1 N–H and O–H groups in total. The van der Waals surface area contributed by atoms with Crippen LogP contribution >= 0.6 is 0 Å². The summed E-state index contributed by atoms with van der Waals surface area (Å²) in [6, 6.07) is -1.96. The van der Waals surface area contributed by atoms with Crippen LogP contribution in [0.3, 0.4) is 0 Å². The molecule has 0 amide bonds. The fraction of sp³-hybridized carbons (Fsp3) is 0. The smallest absolute Gasteiger partial charge is 0.290 e. The van der Waals surface area contributed by atoms with E-state index in [0.717, 1.165) is 0 Å². The predicted octanol–water partition coefficient (Wildman–Crippen LogP) is 0.778. The molecule has 0 aromatic heterocycles. The number of rotatable bonds is 0. The highest BCUT2D eigenvalue weighted by Gasteiger charge is 1.89. The highest BCUT2D eigenvalue weighted by Crippen LogP contribution is 1.95. The van der Waals surface area contributed by atoms with Crippen LogP contribution in [0.2, 0.25) is 0 Å². The van der Waals surface area contributed by atoms with Gasteiger partial charge in [0, 0.05) is 0 Å². The Hall–Kier alpha value is -0.535. The minimum absolute atomic E-state index is 1.69. The zero-order chi connectivity index (χ0) is 5.15. The number of hydrogen-bond donors (Lipinski definition) is 1. The fourth-order valence-corrected chi connectivity index (χ4v) is 0. The van der Waals surface area contributed by atoms with E-state index >= 15 is 0 Å². The van der Waals surface area contributed by atoms with E-state index in [1.807, 2.05) is 0 Å². The van der Waals surface area contributed by atoms with E-state index in [9.17, 15) is 8.78 Å². The largest absolute Gasteiger partial charge is 0.485 e. The average Bonchev–Trinajstić information content (AvgIpc) is 1.36. The third-order valence-corrected chi connectivity index (χ3v) is 0.197. The van der Waals surface area contributed by atoms with E-state index in [2.05, 4.69) is 7.85 Å². The first-order chi connectivity index (χ1) is 2.64. The summed E-state index contributed by atoms with van der Waals surface area (Å²) < 4.78 is 21.6. The van der Waals surface area contributed by atoms with E-state index in [1.165, 1.54) is 0 Å². The molecule has 0 rings (SSSR count). The molecule has 0 aromatic carbocycles. The quantitative estimate of drug-likeness (QED) is 0.344. The maximum absolute atomic E-state index is 10.9. The fourth-order valence-electron chi connectivity index (χ4n) is 0. The maximum atomic E-state index is 10.9. The summed E-state index contributed by atoms with van der Waals surface area (Å²) in [5.41, 5.74) is -1.69. The molecule has 0 bridgehead atoms. The molecule has 32 valence electrons. The normalized spacial score (nSPS) is 13.7. The maximum Gasteiger partial charge on any atom is 0.290 e. The second-order valence-electron chi connectivity index (χ2n) is 0.639. The van der Waals surface area contributed by atoms with E-state index in [4.69, 9.17) is 5.11 Å². The van der Waals surface area contributed by atoms with Crippen molar-refractivity contribution in [2.45, 2.75) is 0 Å². The summed E-state index contributed by atoms with van der Waals surface area (Å²) in [6.07, 6.45) is 0. The lowest BCUT2D eigenvalue weighted by Gasteiger charge is -1.78. The van der Waals surface area contributed by atoms with Gasteiger partial charge in [0.15, 0.2) is 7.85 Å². The van der Waals surface area contributed by atoms with Crippen molar-refractivity contribution < 1.29 is 13.9 Å². The lowest BCUT2D eigenvalue weighted by atomic mass is 10.1. The monoisotopic (exact) mass is 90.0 g/mol. The molecule has 0 spiro atoms. The van der Waals surface area contributed by atoms with E-state index in [-0.39, 0.29) is 0 Å². The summed E-state index contributed by atoms with van der Waals surface area (Å²) in [7, 11) is 4.02. The lowest BCUT2D eigenvalue weighted by Crippen LogP contribution is -1.73. The molecule has 0 aromatic rings. The van der Waals surface area contributed by atoms with Crippen LogP contribution in [0.4, 0.5) is 8.78 Å². The Morgan fingerprint density at radius 1 is 1.50 bits per heavy atom. The van der Waals surface area contributed by atoms with Gasteiger partial charge in [-0.05, 0) is 0 Å². The number of halogens is 2. The Morgan fingerprint density at radius 2 is 1.67 bits per heavy atom. The van der Waals surface area contributed by atoms with Crippen LogP contribution < -0.4 is 0 Å². The summed E-state index contributed by atoms with van der Waals surface area (Å²) in [6.45, 7) is 0. The molecule has 0 saturated carbocycles. The molecule has 0 saturated heterocycles. The van der Waals surface area contributed by atoms with Crippen molar-refractivity contribution in [2.24, 2.45) is 0 Å². The highest BCUT2D eigenvalue weighted by molar-refractivity contribution is 6.20. The summed E-state index contributed by atoms with van der Waals surface area (Å²) >= 11 is 0. The topological polar surface area (TPSA) is 20.2 Å². The molecular formula is C2HBF2O. The van der Waals surface area contributed by atoms with Crippen LogP contribution in [0.25, 0.3) is 0 Å². The van der Waals surface area contributed by atoms with Crippen LogP contribution in [-0.4, -0.2) is 13.0 Å². The average molecular weight is 89.8 g/mol. The van der Waals surface area contributed by atoms with Gasteiger partial charge in [0.05, 0.1) is 0 Å². The van der Waals surface area contributed by atoms with Crippen molar-refractivity contribution in [3.05, 3.63) is 11.7 Å². The molecule has 0 fully saturated rings. The van der Waals surface area contributed by atoms with Crippen LogP contribution in [0.15, 0.2) is 11.7 Å². The van der Waals surface area contributed by atoms with Crippen LogP contribution in [0, 0.1) is 0 Å². The molecule has 0 unspecified atom stereocenters. The standard InChI is InChI=1S/C2HBF2O/c3-1(4)2(5)6/h6H/b2-1+. The summed E-state index contributed by atoms with van der Waals surface area (Å²) in [5, 5.41) is 7.34. The zero-order valence-corrected chi connectivity index (χ0v) is 2.78. The van der Waals surface area contributed by atoms with Crippen molar-refractivity contribution in [1.82, 2.24) is 0 Å². The van der Waals surface area contributed by atoms with Gasteiger partial charge in [-0.2, -0.15) is 4.39 Å². The van der Waals surface area contributed by atoms with Crippen LogP contribution in [-0.2, 0) is 0 Å². The zero-order valence-electron chi connectivity index (χ0n) is 2.78. The third-order valence-electron chi connectivity index (χ3n) is 0.197. The Balaban J connectivity index is 3.68. The van der Waals surface area contributed by atoms with Crippen molar-refractivity contribution in [3.8, 4) is 0 Å². The molecule has 1 nitrogen and oxygen atoms in total. The third kappa shape index (κ3) is 1.75. The molecule has 0 aliphatic heterocycles. The first kappa shape index (κ1) is 5.46.